The van der Waals surface area contributed by atoms with Crippen LogP contribution < -0.4 is 10.3 Å². The molecule has 3 unspecified atom stereocenters. The van der Waals surface area contributed by atoms with E-state index < -0.39 is 6.10 Å². The van der Waals surface area contributed by atoms with Crippen molar-refractivity contribution < 1.29 is 34.7 Å². The van der Waals surface area contributed by atoms with Crippen LogP contribution in [0.5, 0.6) is 6.01 Å². The summed E-state index contributed by atoms with van der Waals surface area (Å²) in [4.78, 5) is 15.2. The molecular formula is C11H15ClIrN2O4. The van der Waals surface area contributed by atoms with E-state index in [9.17, 15) is 9.90 Å². The van der Waals surface area contributed by atoms with Gasteiger partial charge in [0.1, 0.15) is 18.9 Å². The Bertz CT molecular complexity index is 496. The van der Waals surface area contributed by atoms with E-state index >= 15 is 0 Å². The SMILES string of the molecule is CCl.Cc1cn2c(nc1=O)OCC1OC2CC1O.[Ir]. The second-order valence-electron chi connectivity index (χ2n) is 4.16. The summed E-state index contributed by atoms with van der Waals surface area (Å²) < 4.78 is 12.6. The molecule has 3 atom stereocenters. The Kier molecular flexibility index (Phi) is 5.95. The number of hydrogen-bond donors (Lipinski definition) is 1. The molecule has 0 aliphatic carbocycles. The van der Waals surface area contributed by atoms with Crippen molar-refractivity contribution in [2.75, 3.05) is 13.0 Å². The molecule has 0 amide bonds. The van der Waals surface area contributed by atoms with Crippen molar-refractivity contribution >= 4 is 11.6 Å². The number of alkyl halides is 1. The van der Waals surface area contributed by atoms with Crippen LogP contribution in [0, 0.1) is 6.92 Å². The van der Waals surface area contributed by atoms with Crippen molar-refractivity contribution in [3.63, 3.8) is 0 Å². The number of aliphatic hydroxyl groups is 1. The monoisotopic (exact) mass is 467 g/mol. The zero-order valence-corrected chi connectivity index (χ0v) is 13.7. The maximum atomic E-state index is 11.4. The van der Waals surface area contributed by atoms with E-state index in [0.717, 1.165) is 0 Å². The van der Waals surface area contributed by atoms with Gasteiger partial charge in [-0.25, -0.2) is 0 Å². The van der Waals surface area contributed by atoms with Crippen molar-refractivity contribution in [2.24, 2.45) is 0 Å². The van der Waals surface area contributed by atoms with E-state index in [1.54, 1.807) is 17.7 Å². The molecule has 1 saturated heterocycles. The van der Waals surface area contributed by atoms with Crippen molar-refractivity contribution in [3.05, 3.63) is 22.1 Å². The van der Waals surface area contributed by atoms with Gasteiger partial charge in [0.05, 0.1) is 6.10 Å². The van der Waals surface area contributed by atoms with Gasteiger partial charge in [-0.3, -0.25) is 9.36 Å². The summed E-state index contributed by atoms with van der Waals surface area (Å²) in [5.41, 5.74) is 0.250. The smallest absolute Gasteiger partial charge is 0.301 e. The van der Waals surface area contributed by atoms with Crippen LogP contribution >= 0.6 is 11.6 Å². The standard InChI is InChI=1S/C10H12N2O4.CH3Cl.Ir/c1-5-3-12-8-2-6(13)7(16-8)4-15-10(12)11-9(5)14;1-2;/h3,6-8,13H,2,4H2,1H3;1H3;. The Morgan fingerprint density at radius 2 is 2.21 bits per heavy atom. The molecule has 109 valence electrons. The van der Waals surface area contributed by atoms with Crippen LogP contribution in [-0.2, 0) is 24.8 Å². The van der Waals surface area contributed by atoms with Gasteiger partial charge in [-0.15, -0.1) is 11.6 Å². The maximum absolute atomic E-state index is 11.4. The molecule has 0 spiro atoms. The van der Waals surface area contributed by atoms with Gasteiger partial charge >= 0.3 is 6.01 Å². The second-order valence-corrected chi connectivity index (χ2v) is 4.16. The topological polar surface area (TPSA) is 73.6 Å². The molecule has 2 aliphatic rings. The van der Waals surface area contributed by atoms with Crippen LogP contribution in [0.1, 0.15) is 18.2 Å². The molecule has 6 nitrogen and oxygen atoms in total. The average molecular weight is 467 g/mol. The molecule has 2 aliphatic heterocycles. The third kappa shape index (κ3) is 3.17. The largest absolute Gasteiger partial charge is 0.462 e. The Hall–Kier alpha value is -0.461. The van der Waals surface area contributed by atoms with Gasteiger partial charge in [0.2, 0.25) is 0 Å². The fraction of sp³-hybridized carbons (Fsp3) is 0.636. The van der Waals surface area contributed by atoms with E-state index in [0.29, 0.717) is 12.0 Å². The first-order chi connectivity index (χ1) is 8.65. The predicted molar refractivity (Wildman–Crippen MR) is 65.0 cm³/mol. The number of aryl methyl sites for hydroxylation is 1. The Morgan fingerprint density at radius 3 is 2.89 bits per heavy atom. The summed E-state index contributed by atoms with van der Waals surface area (Å²) in [6.07, 6.45) is 2.50. The number of aliphatic hydroxyl groups excluding tert-OH is 1. The molecule has 1 N–H and O–H groups in total. The van der Waals surface area contributed by atoms with Crippen LogP contribution in [-0.4, -0.2) is 39.9 Å². The van der Waals surface area contributed by atoms with Crippen LogP contribution in [0.25, 0.3) is 0 Å². The summed E-state index contributed by atoms with van der Waals surface area (Å²) >= 11 is 4.64. The third-order valence-corrected chi connectivity index (χ3v) is 2.98. The van der Waals surface area contributed by atoms with Crippen molar-refractivity contribution in [3.8, 4) is 6.01 Å². The molecule has 2 bridgehead atoms. The molecule has 1 aromatic rings. The molecule has 1 radical (unpaired) electrons. The number of hydrogen-bond acceptors (Lipinski definition) is 5. The van der Waals surface area contributed by atoms with Gasteiger partial charge in [0.25, 0.3) is 5.56 Å². The maximum Gasteiger partial charge on any atom is 0.301 e. The number of halogens is 1. The van der Waals surface area contributed by atoms with Crippen LogP contribution in [0.15, 0.2) is 11.0 Å². The molecule has 3 heterocycles. The van der Waals surface area contributed by atoms with Gasteiger partial charge in [-0.1, -0.05) is 0 Å². The summed E-state index contributed by atoms with van der Waals surface area (Å²) in [6.45, 7) is 1.92. The van der Waals surface area contributed by atoms with E-state index in [1.807, 2.05) is 0 Å². The summed E-state index contributed by atoms with van der Waals surface area (Å²) in [7, 11) is 0. The normalized spacial score (nSPS) is 27.1. The van der Waals surface area contributed by atoms with Crippen LogP contribution in [0.4, 0.5) is 0 Å². The number of rotatable bonds is 0. The zero-order valence-electron chi connectivity index (χ0n) is 10.5. The van der Waals surface area contributed by atoms with Crippen LogP contribution in [0.3, 0.4) is 0 Å². The van der Waals surface area contributed by atoms with Gasteiger partial charge < -0.3 is 14.6 Å². The third-order valence-electron chi connectivity index (χ3n) is 2.98. The summed E-state index contributed by atoms with van der Waals surface area (Å²) in [5, 5.41) is 9.67. The van der Waals surface area contributed by atoms with E-state index in [4.69, 9.17) is 9.47 Å². The quantitative estimate of drug-likeness (QED) is 0.562. The van der Waals surface area contributed by atoms with Crippen LogP contribution in [0.2, 0.25) is 0 Å². The van der Waals surface area contributed by atoms with Gasteiger partial charge in [0.15, 0.2) is 0 Å². The van der Waals surface area contributed by atoms with E-state index in [2.05, 4.69) is 16.6 Å². The minimum absolute atomic E-state index is 0. The van der Waals surface area contributed by atoms with Crippen molar-refractivity contribution in [1.82, 2.24) is 9.55 Å². The Balaban J connectivity index is 0.000000576. The Labute approximate surface area is 129 Å². The fourth-order valence-electron chi connectivity index (χ4n) is 2.06. The van der Waals surface area contributed by atoms with Crippen molar-refractivity contribution in [2.45, 2.75) is 31.8 Å². The first kappa shape index (κ1) is 16.6. The number of nitrogens with zero attached hydrogens (tertiary/aromatic N) is 2. The number of fused-ring (bicyclic) bond motifs is 4. The first-order valence-electron chi connectivity index (χ1n) is 5.59. The van der Waals surface area contributed by atoms with Crippen molar-refractivity contribution in [1.29, 1.82) is 0 Å². The minimum atomic E-state index is -0.516. The number of ether oxygens (including phenoxy) is 2. The minimum Gasteiger partial charge on any atom is -0.462 e. The van der Waals surface area contributed by atoms with Gasteiger partial charge in [0, 0.05) is 44.7 Å². The summed E-state index contributed by atoms with van der Waals surface area (Å²) in [6, 6.07) is 0.273. The Morgan fingerprint density at radius 1 is 1.53 bits per heavy atom. The molecule has 19 heavy (non-hydrogen) atoms. The second kappa shape index (κ2) is 6.81. The molecule has 0 saturated carbocycles. The summed E-state index contributed by atoms with van der Waals surface area (Å²) in [5.74, 6) is 0. The van der Waals surface area contributed by atoms with Gasteiger partial charge in [-0.05, 0) is 6.92 Å². The fourth-order valence-corrected chi connectivity index (χ4v) is 2.06. The van der Waals surface area contributed by atoms with Gasteiger partial charge in [-0.2, -0.15) is 4.98 Å². The average Bonchev–Trinajstić information content (AvgIpc) is 2.65. The molecule has 1 fully saturated rings. The molecule has 3 rings (SSSR count). The predicted octanol–water partition coefficient (Wildman–Crippen LogP) is 0.445. The number of aromatic nitrogens is 2. The zero-order chi connectivity index (χ0) is 13.3. The van der Waals surface area contributed by atoms with E-state index in [-0.39, 0.29) is 50.6 Å². The molecule has 8 heteroatoms. The molecule has 0 aromatic carbocycles. The van der Waals surface area contributed by atoms with E-state index in [1.165, 1.54) is 6.38 Å². The first-order valence-corrected chi connectivity index (χ1v) is 6.34. The molecule has 1 aromatic heterocycles. The molecular weight excluding hydrogens is 452 g/mol.